The van der Waals surface area contributed by atoms with E-state index in [1.54, 1.807) is 0 Å². The van der Waals surface area contributed by atoms with Crippen LogP contribution in [0.25, 0.3) is 0 Å². The number of hydrogen-bond donors (Lipinski definition) is 0. The zero-order valence-electron chi connectivity index (χ0n) is 9.30. The summed E-state index contributed by atoms with van der Waals surface area (Å²) in [7, 11) is 0. The average molecular weight is 338 g/mol. The molecule has 0 heterocycles. The monoisotopic (exact) mass is 336 g/mol. The van der Waals surface area contributed by atoms with Gasteiger partial charge in [-0.1, -0.05) is 58.5 Å². The molecule has 0 aromatic carbocycles. The number of carbonyl (C=O) groups is 1. The molecule has 1 spiro atoms. The Labute approximate surface area is 109 Å². The van der Waals surface area contributed by atoms with Crippen molar-refractivity contribution in [1.82, 2.24) is 0 Å². The minimum atomic E-state index is 0.0520. The number of rotatable bonds is 0. The molecule has 0 unspecified atom stereocenters. The van der Waals surface area contributed by atoms with Crippen LogP contribution in [0.5, 0.6) is 0 Å². The van der Waals surface area contributed by atoms with Crippen molar-refractivity contribution in [3.05, 3.63) is 0 Å². The minimum absolute atomic E-state index is 0.0520. The highest BCUT2D eigenvalue weighted by Crippen LogP contribution is 2.57. The fourth-order valence-corrected chi connectivity index (χ4v) is 5.56. The molecule has 86 valence electrons. The first-order valence-corrected chi connectivity index (χ1v) is 7.66. The second-order valence-electron chi connectivity index (χ2n) is 5.22. The summed E-state index contributed by atoms with van der Waals surface area (Å²) in [6, 6.07) is 0. The molecule has 15 heavy (non-hydrogen) atoms. The van der Waals surface area contributed by atoms with Gasteiger partial charge in [-0.15, -0.1) is 0 Å². The van der Waals surface area contributed by atoms with Gasteiger partial charge in [-0.2, -0.15) is 0 Å². The van der Waals surface area contributed by atoms with Crippen LogP contribution in [0.4, 0.5) is 0 Å². The third-order valence-corrected chi connectivity index (χ3v) is 7.26. The molecule has 0 N–H and O–H groups in total. The zero-order valence-corrected chi connectivity index (χ0v) is 12.5. The summed E-state index contributed by atoms with van der Waals surface area (Å²) in [6.07, 6.45) is 5.27. The molecule has 0 aromatic rings. The lowest BCUT2D eigenvalue weighted by atomic mass is 9.60. The lowest BCUT2D eigenvalue weighted by molar-refractivity contribution is -0.125. The first-order valence-electron chi connectivity index (χ1n) is 5.82. The van der Waals surface area contributed by atoms with Crippen LogP contribution >= 0.6 is 31.9 Å². The van der Waals surface area contributed by atoms with Gasteiger partial charge in [0.2, 0.25) is 0 Å². The Morgan fingerprint density at radius 3 is 1.87 bits per heavy atom. The molecule has 2 saturated carbocycles. The molecule has 3 heteroatoms. The molecule has 2 aliphatic rings. The highest BCUT2D eigenvalue weighted by Gasteiger charge is 2.54. The van der Waals surface area contributed by atoms with Crippen molar-refractivity contribution < 1.29 is 4.79 Å². The van der Waals surface area contributed by atoms with Crippen LogP contribution in [0.1, 0.15) is 39.5 Å². The summed E-state index contributed by atoms with van der Waals surface area (Å²) in [5, 5.41) is 0. The molecular weight excluding hydrogens is 320 g/mol. The highest BCUT2D eigenvalue weighted by molar-refractivity contribution is 9.10. The van der Waals surface area contributed by atoms with E-state index in [9.17, 15) is 4.79 Å². The average Bonchev–Trinajstić information content (AvgIpc) is 2.72. The number of alkyl halides is 2. The van der Waals surface area contributed by atoms with E-state index in [2.05, 4.69) is 45.7 Å². The highest BCUT2D eigenvalue weighted by atomic mass is 79.9. The molecule has 4 atom stereocenters. The first-order chi connectivity index (χ1) is 7.00. The second kappa shape index (κ2) is 4.14. The van der Waals surface area contributed by atoms with Crippen LogP contribution in [0.15, 0.2) is 0 Å². The van der Waals surface area contributed by atoms with Gasteiger partial charge in [0.25, 0.3) is 0 Å². The van der Waals surface area contributed by atoms with Gasteiger partial charge in [0.05, 0.1) is 9.65 Å². The lowest BCUT2D eigenvalue weighted by Crippen LogP contribution is -2.52. The summed E-state index contributed by atoms with van der Waals surface area (Å²) < 4.78 is 0. The number of ketones is 1. The molecule has 0 radical (unpaired) electrons. The lowest BCUT2D eigenvalue weighted by Gasteiger charge is -2.49. The van der Waals surface area contributed by atoms with Crippen molar-refractivity contribution in [3.8, 4) is 0 Å². The number of hydrogen-bond acceptors (Lipinski definition) is 1. The van der Waals surface area contributed by atoms with Gasteiger partial charge >= 0.3 is 0 Å². The van der Waals surface area contributed by atoms with E-state index < -0.39 is 0 Å². The van der Waals surface area contributed by atoms with Crippen LogP contribution in [0, 0.1) is 17.3 Å². The molecule has 2 aliphatic carbocycles. The third kappa shape index (κ3) is 1.65. The van der Waals surface area contributed by atoms with Gasteiger partial charge < -0.3 is 0 Å². The number of Topliss-reactive ketones (excluding diaryl/α,β-unsaturated/α-hetero) is 1. The first kappa shape index (κ1) is 12.1. The second-order valence-corrected chi connectivity index (χ2v) is 7.20. The molecule has 0 aliphatic heterocycles. The maximum absolute atomic E-state index is 12.0. The topological polar surface area (TPSA) is 17.1 Å². The molecule has 2 rings (SSSR count). The third-order valence-electron chi connectivity index (χ3n) is 4.77. The summed E-state index contributed by atoms with van der Waals surface area (Å²) >= 11 is 7.18. The van der Waals surface area contributed by atoms with Crippen molar-refractivity contribution in [2.75, 3.05) is 0 Å². The van der Waals surface area contributed by atoms with Crippen molar-refractivity contribution in [2.24, 2.45) is 17.3 Å². The van der Waals surface area contributed by atoms with Crippen molar-refractivity contribution in [2.45, 2.75) is 49.2 Å². The van der Waals surface area contributed by atoms with Gasteiger partial charge in [0, 0.05) is 0 Å². The Balaban J connectivity index is 2.33. The Morgan fingerprint density at radius 2 is 1.47 bits per heavy atom. The van der Waals surface area contributed by atoms with Crippen LogP contribution in [-0.4, -0.2) is 15.4 Å². The molecule has 2 fully saturated rings. The van der Waals surface area contributed by atoms with Gasteiger partial charge in [0.1, 0.15) is 0 Å². The van der Waals surface area contributed by atoms with Crippen LogP contribution in [-0.2, 0) is 4.79 Å². The predicted octanol–water partition coefficient (Wildman–Crippen LogP) is 3.93. The van der Waals surface area contributed by atoms with E-state index in [4.69, 9.17) is 0 Å². The smallest absolute Gasteiger partial charge is 0.160 e. The standard InChI is InChI=1S/C12H18Br2O/c1-7-9(13)11(15)10(14)8(2)12(7)5-3-4-6-12/h7-10H,3-6H2,1-2H3/t7-,8-,9+,10+/m1/s1. The summed E-state index contributed by atoms with van der Waals surface area (Å²) in [4.78, 5) is 12.1. The SMILES string of the molecule is C[C@@H]1[C@H](Br)C(=O)[C@@H](Br)[C@@H](C)C12CCCC2. The minimum Gasteiger partial charge on any atom is -0.297 e. The van der Waals surface area contributed by atoms with E-state index in [0.29, 0.717) is 23.0 Å². The summed E-state index contributed by atoms with van der Waals surface area (Å²) in [6.45, 7) is 4.50. The van der Waals surface area contributed by atoms with E-state index in [1.165, 1.54) is 25.7 Å². The van der Waals surface area contributed by atoms with E-state index in [0.717, 1.165) is 0 Å². The van der Waals surface area contributed by atoms with E-state index in [-0.39, 0.29) is 9.65 Å². The Hall–Kier alpha value is 0.630. The zero-order chi connectivity index (χ0) is 11.2. The number of carbonyl (C=O) groups excluding carboxylic acids is 1. The van der Waals surface area contributed by atoms with E-state index >= 15 is 0 Å². The van der Waals surface area contributed by atoms with Gasteiger partial charge in [-0.05, 0) is 30.1 Å². The fraction of sp³-hybridized carbons (Fsp3) is 0.917. The van der Waals surface area contributed by atoms with E-state index in [1.807, 2.05) is 0 Å². The Kier molecular flexibility index (Phi) is 3.34. The summed E-state index contributed by atoms with van der Waals surface area (Å²) in [5.41, 5.74) is 0.399. The molecule has 0 aromatic heterocycles. The van der Waals surface area contributed by atoms with Crippen LogP contribution in [0.2, 0.25) is 0 Å². The predicted molar refractivity (Wildman–Crippen MR) is 69.7 cm³/mol. The maximum atomic E-state index is 12.0. The quantitative estimate of drug-likeness (QED) is 0.612. The van der Waals surface area contributed by atoms with Crippen molar-refractivity contribution in [3.63, 3.8) is 0 Å². The molecule has 0 bridgehead atoms. The number of halogens is 2. The summed E-state index contributed by atoms with van der Waals surface area (Å²) in [5.74, 6) is 1.31. The fourth-order valence-electron chi connectivity index (χ4n) is 3.59. The van der Waals surface area contributed by atoms with Crippen LogP contribution in [0.3, 0.4) is 0 Å². The van der Waals surface area contributed by atoms with Crippen molar-refractivity contribution in [1.29, 1.82) is 0 Å². The molecular formula is C12H18Br2O. The Bertz CT molecular complexity index is 251. The van der Waals surface area contributed by atoms with Gasteiger partial charge in [-0.25, -0.2) is 0 Å². The largest absolute Gasteiger partial charge is 0.297 e. The normalized spacial score (nSPS) is 44.9. The maximum Gasteiger partial charge on any atom is 0.160 e. The van der Waals surface area contributed by atoms with Crippen molar-refractivity contribution >= 4 is 37.6 Å². The van der Waals surface area contributed by atoms with Gasteiger partial charge in [-0.3, -0.25) is 4.79 Å². The Morgan fingerprint density at radius 1 is 1.07 bits per heavy atom. The molecule has 0 saturated heterocycles. The molecule has 0 amide bonds. The van der Waals surface area contributed by atoms with Gasteiger partial charge in [0.15, 0.2) is 5.78 Å². The van der Waals surface area contributed by atoms with Crippen LogP contribution < -0.4 is 0 Å². The molecule has 1 nitrogen and oxygen atoms in total.